The normalized spacial score (nSPS) is 27.0. The van der Waals surface area contributed by atoms with Gasteiger partial charge in [-0.15, -0.1) is 0 Å². The van der Waals surface area contributed by atoms with Gasteiger partial charge in [-0.05, 0) is 116 Å². The van der Waals surface area contributed by atoms with Crippen molar-refractivity contribution < 1.29 is 19.4 Å². The minimum absolute atomic E-state index is 0.172. The Morgan fingerprint density at radius 1 is 1.06 bits per heavy atom. The van der Waals surface area contributed by atoms with Crippen molar-refractivity contribution in [1.82, 2.24) is 4.57 Å². The SMILES string of the molecule is Cc1cc(-n2c(C3CCSCC3)c(C3CC4(CC(C(=O)O)C4)C3)c3cc(O)ccc32)ccc1F. The number of aromatic hydroxyl groups is 1. The van der Waals surface area contributed by atoms with Gasteiger partial charge in [0.2, 0.25) is 0 Å². The van der Waals surface area contributed by atoms with E-state index in [-0.39, 0.29) is 22.9 Å². The highest BCUT2D eigenvalue weighted by molar-refractivity contribution is 7.99. The van der Waals surface area contributed by atoms with Crippen LogP contribution in [0.4, 0.5) is 4.39 Å². The van der Waals surface area contributed by atoms with Crippen LogP contribution in [-0.2, 0) is 4.79 Å². The van der Waals surface area contributed by atoms with Crippen LogP contribution in [0.25, 0.3) is 16.6 Å². The van der Waals surface area contributed by atoms with Crippen molar-refractivity contribution in [3.8, 4) is 11.4 Å². The molecule has 1 saturated heterocycles. The molecular weight excluding hydrogens is 449 g/mol. The number of carbonyl (C=O) groups is 1. The zero-order valence-corrected chi connectivity index (χ0v) is 20.2. The molecule has 0 atom stereocenters. The average Bonchev–Trinajstić information content (AvgIpc) is 3.08. The summed E-state index contributed by atoms with van der Waals surface area (Å²) in [6.07, 6.45) is 5.83. The molecule has 0 radical (unpaired) electrons. The van der Waals surface area contributed by atoms with Gasteiger partial charge in [0, 0.05) is 22.7 Å². The van der Waals surface area contributed by atoms with Gasteiger partial charge >= 0.3 is 5.97 Å². The van der Waals surface area contributed by atoms with Crippen molar-refractivity contribution in [2.75, 3.05) is 11.5 Å². The maximum atomic E-state index is 14.2. The third-order valence-corrected chi connectivity index (χ3v) is 9.56. The summed E-state index contributed by atoms with van der Waals surface area (Å²) in [6.45, 7) is 1.80. The van der Waals surface area contributed by atoms with E-state index in [1.54, 1.807) is 19.1 Å². The first-order chi connectivity index (χ1) is 16.3. The first kappa shape index (κ1) is 22.0. The number of benzene rings is 2. The maximum Gasteiger partial charge on any atom is 0.306 e. The Morgan fingerprint density at radius 2 is 1.79 bits per heavy atom. The van der Waals surface area contributed by atoms with Crippen molar-refractivity contribution in [3.05, 3.63) is 59.0 Å². The first-order valence-electron chi connectivity index (χ1n) is 12.3. The predicted octanol–water partition coefficient (Wildman–Crippen LogP) is 6.75. The Bertz CT molecular complexity index is 1280. The number of aryl methyl sites for hydroxylation is 1. The van der Waals surface area contributed by atoms with Crippen LogP contribution in [-0.4, -0.2) is 32.3 Å². The Kier molecular flexibility index (Phi) is 5.21. The number of aromatic nitrogens is 1. The molecule has 4 nitrogen and oxygen atoms in total. The summed E-state index contributed by atoms with van der Waals surface area (Å²) < 4.78 is 16.5. The zero-order chi connectivity index (χ0) is 23.6. The van der Waals surface area contributed by atoms with Crippen LogP contribution in [0.1, 0.15) is 67.2 Å². The lowest BCUT2D eigenvalue weighted by Crippen LogP contribution is -2.49. The summed E-state index contributed by atoms with van der Waals surface area (Å²) >= 11 is 2.00. The fourth-order valence-electron chi connectivity index (χ4n) is 6.85. The number of aliphatic carboxylic acids is 1. The van der Waals surface area contributed by atoms with Gasteiger partial charge in [0.1, 0.15) is 11.6 Å². The van der Waals surface area contributed by atoms with Gasteiger partial charge in [-0.25, -0.2) is 4.39 Å². The van der Waals surface area contributed by atoms with Crippen LogP contribution in [0.2, 0.25) is 0 Å². The molecule has 1 spiro atoms. The van der Waals surface area contributed by atoms with Gasteiger partial charge in [0.15, 0.2) is 0 Å². The second kappa shape index (κ2) is 8.04. The molecule has 0 amide bonds. The number of hydrogen-bond donors (Lipinski definition) is 2. The number of nitrogens with zero attached hydrogens (tertiary/aromatic N) is 1. The standard InChI is InChI=1S/C28H30FNO3S/c1-16-10-20(2-4-23(16)29)30-24-5-3-21(31)11-22(24)25(26(30)17-6-8-34-9-7-17)18-12-28(13-18)14-19(15-28)27(32)33/h2-5,10-11,17-19,31H,6-9,12-15H2,1H3,(H,32,33). The lowest BCUT2D eigenvalue weighted by atomic mass is 9.47. The van der Waals surface area contributed by atoms with Crippen molar-refractivity contribution in [1.29, 1.82) is 0 Å². The number of hydrogen-bond acceptors (Lipinski definition) is 3. The summed E-state index contributed by atoms with van der Waals surface area (Å²) in [6, 6.07) is 11.0. The number of thioether (sulfide) groups is 1. The molecule has 6 rings (SSSR count). The molecule has 1 aromatic heterocycles. The molecule has 1 aliphatic heterocycles. The molecule has 0 unspecified atom stereocenters. The lowest BCUT2D eigenvalue weighted by Gasteiger charge is -2.57. The maximum absolute atomic E-state index is 14.2. The largest absolute Gasteiger partial charge is 0.508 e. The molecule has 2 aliphatic carbocycles. The smallest absolute Gasteiger partial charge is 0.306 e. The molecule has 0 bridgehead atoms. The molecule has 178 valence electrons. The third-order valence-electron chi connectivity index (χ3n) is 8.51. The summed E-state index contributed by atoms with van der Waals surface area (Å²) in [7, 11) is 0. The molecule has 3 aliphatic rings. The zero-order valence-electron chi connectivity index (χ0n) is 19.4. The van der Waals surface area contributed by atoms with E-state index in [9.17, 15) is 19.4 Å². The number of carboxylic acids is 1. The average molecular weight is 480 g/mol. The number of fused-ring (bicyclic) bond motifs is 1. The van der Waals surface area contributed by atoms with Crippen molar-refractivity contribution in [2.45, 2.75) is 57.3 Å². The monoisotopic (exact) mass is 479 g/mol. The highest BCUT2D eigenvalue weighted by Gasteiger charge is 2.56. The summed E-state index contributed by atoms with van der Waals surface area (Å²) in [5.74, 6) is 2.25. The lowest BCUT2D eigenvalue weighted by molar-refractivity contribution is -0.155. The second-order valence-corrected chi connectivity index (χ2v) is 11.9. The van der Waals surface area contributed by atoms with Crippen LogP contribution < -0.4 is 0 Å². The molecule has 2 heterocycles. The molecule has 3 aromatic rings. The highest BCUT2D eigenvalue weighted by Crippen LogP contribution is 2.65. The number of carboxylic acid groups (broad SMARTS) is 1. The van der Waals surface area contributed by atoms with Gasteiger partial charge in [0.05, 0.1) is 11.4 Å². The predicted molar refractivity (Wildman–Crippen MR) is 134 cm³/mol. The van der Waals surface area contributed by atoms with E-state index < -0.39 is 5.97 Å². The van der Waals surface area contributed by atoms with Gasteiger partial charge in [-0.2, -0.15) is 11.8 Å². The first-order valence-corrected chi connectivity index (χ1v) is 13.4. The number of phenols is 1. The van der Waals surface area contributed by atoms with E-state index in [0.717, 1.165) is 66.6 Å². The van der Waals surface area contributed by atoms with E-state index in [1.165, 1.54) is 11.3 Å². The fraction of sp³-hybridized carbons (Fsp3) is 0.464. The summed E-state index contributed by atoms with van der Waals surface area (Å²) in [5, 5.41) is 20.9. The van der Waals surface area contributed by atoms with Crippen LogP contribution >= 0.6 is 11.8 Å². The number of phenolic OH excluding ortho intramolecular Hbond substituents is 1. The third kappa shape index (κ3) is 3.44. The highest BCUT2D eigenvalue weighted by atomic mass is 32.2. The van der Waals surface area contributed by atoms with Gasteiger partial charge in [0.25, 0.3) is 0 Å². The fourth-order valence-corrected chi connectivity index (χ4v) is 7.96. The number of halogens is 1. The molecule has 2 aromatic carbocycles. The Labute approximate surface area is 203 Å². The van der Waals surface area contributed by atoms with E-state index in [4.69, 9.17) is 0 Å². The molecule has 3 fully saturated rings. The molecular formula is C28H30FNO3S. The minimum atomic E-state index is -0.664. The van der Waals surface area contributed by atoms with Crippen LogP contribution in [0.3, 0.4) is 0 Å². The Balaban J connectivity index is 1.50. The van der Waals surface area contributed by atoms with Crippen LogP contribution in [0.15, 0.2) is 36.4 Å². The molecule has 2 saturated carbocycles. The van der Waals surface area contributed by atoms with Crippen LogP contribution in [0, 0.1) is 24.1 Å². The minimum Gasteiger partial charge on any atom is -0.508 e. The number of rotatable bonds is 4. The van der Waals surface area contributed by atoms with Gasteiger partial charge in [-0.3, -0.25) is 4.79 Å². The van der Waals surface area contributed by atoms with E-state index >= 15 is 0 Å². The van der Waals surface area contributed by atoms with Crippen molar-refractivity contribution >= 4 is 28.6 Å². The summed E-state index contributed by atoms with van der Waals surface area (Å²) in [4.78, 5) is 11.4. The second-order valence-electron chi connectivity index (χ2n) is 10.7. The quantitative estimate of drug-likeness (QED) is 0.434. The Morgan fingerprint density at radius 3 is 2.47 bits per heavy atom. The van der Waals surface area contributed by atoms with Crippen molar-refractivity contribution in [2.24, 2.45) is 11.3 Å². The summed E-state index contributed by atoms with van der Waals surface area (Å²) in [5.41, 5.74) is 5.48. The van der Waals surface area contributed by atoms with E-state index in [2.05, 4.69) is 4.57 Å². The van der Waals surface area contributed by atoms with Crippen molar-refractivity contribution in [3.63, 3.8) is 0 Å². The molecule has 6 heteroatoms. The Hall–Kier alpha value is -2.47. The van der Waals surface area contributed by atoms with E-state index in [1.807, 2.05) is 36.0 Å². The topological polar surface area (TPSA) is 62.5 Å². The molecule has 34 heavy (non-hydrogen) atoms. The van der Waals surface area contributed by atoms with Gasteiger partial charge in [-0.1, -0.05) is 0 Å². The van der Waals surface area contributed by atoms with Gasteiger partial charge < -0.3 is 14.8 Å². The molecule has 2 N–H and O–H groups in total. The van der Waals surface area contributed by atoms with Crippen LogP contribution in [0.5, 0.6) is 5.75 Å². The van der Waals surface area contributed by atoms with E-state index in [0.29, 0.717) is 17.4 Å².